The Morgan fingerprint density at radius 1 is 1.65 bits per heavy atom. The van der Waals surface area contributed by atoms with Gasteiger partial charge in [0.25, 0.3) is 0 Å². The zero-order valence-corrected chi connectivity index (χ0v) is 9.93. The van der Waals surface area contributed by atoms with E-state index in [0.717, 1.165) is 25.2 Å². The molecule has 2 rings (SSSR count). The fourth-order valence-corrected chi connectivity index (χ4v) is 2.18. The highest BCUT2D eigenvalue weighted by molar-refractivity contribution is 5.87. The number of hydrogen-bond donors (Lipinski definition) is 1. The molecule has 1 atom stereocenters. The van der Waals surface area contributed by atoms with Crippen LogP contribution in [0.15, 0.2) is 18.2 Å². The second-order valence-corrected chi connectivity index (χ2v) is 4.10. The number of hydrogen-bond acceptors (Lipinski definition) is 5. The molecule has 5 heteroatoms. The Kier molecular flexibility index (Phi) is 3.58. The average Bonchev–Trinajstić information content (AvgIpc) is 2.86. The van der Waals surface area contributed by atoms with Gasteiger partial charge in [-0.1, -0.05) is 6.07 Å². The summed E-state index contributed by atoms with van der Waals surface area (Å²) < 4.78 is 4.66. The molecule has 0 spiro atoms. The summed E-state index contributed by atoms with van der Waals surface area (Å²) >= 11 is 0. The van der Waals surface area contributed by atoms with E-state index >= 15 is 0 Å². The number of aromatic nitrogens is 1. The molecule has 0 saturated carbocycles. The number of rotatable bonds is 3. The average molecular weight is 235 g/mol. The number of esters is 1. The Labute approximate surface area is 101 Å². The van der Waals surface area contributed by atoms with Crippen molar-refractivity contribution in [1.82, 2.24) is 4.98 Å². The van der Waals surface area contributed by atoms with Gasteiger partial charge >= 0.3 is 5.97 Å². The Morgan fingerprint density at radius 2 is 2.47 bits per heavy atom. The van der Waals surface area contributed by atoms with E-state index in [9.17, 15) is 4.79 Å². The standard InChI is InChI=1S/C12H17N3O2/c1-17-12(16)10-5-2-6-11(14-10)15-7-3-4-9(15)8-13/h2,5-6,9H,3-4,7-8,13H2,1H3. The van der Waals surface area contributed by atoms with Crippen LogP contribution in [0.1, 0.15) is 23.3 Å². The molecular weight excluding hydrogens is 218 g/mol. The van der Waals surface area contributed by atoms with E-state index in [1.54, 1.807) is 6.07 Å². The van der Waals surface area contributed by atoms with Gasteiger partial charge in [0.2, 0.25) is 0 Å². The molecule has 1 saturated heterocycles. The first kappa shape index (κ1) is 11.9. The SMILES string of the molecule is COC(=O)c1cccc(N2CCCC2CN)n1. The van der Waals surface area contributed by atoms with Crippen molar-refractivity contribution in [2.75, 3.05) is 25.1 Å². The van der Waals surface area contributed by atoms with Crippen molar-refractivity contribution in [2.24, 2.45) is 5.73 Å². The Balaban J connectivity index is 2.23. The van der Waals surface area contributed by atoms with Crippen molar-refractivity contribution in [2.45, 2.75) is 18.9 Å². The summed E-state index contributed by atoms with van der Waals surface area (Å²) in [5.74, 6) is 0.399. The lowest BCUT2D eigenvalue weighted by Gasteiger charge is -2.24. The first-order valence-corrected chi connectivity index (χ1v) is 5.78. The van der Waals surface area contributed by atoms with Crippen molar-refractivity contribution < 1.29 is 9.53 Å². The highest BCUT2D eigenvalue weighted by Crippen LogP contribution is 2.23. The van der Waals surface area contributed by atoms with Crippen LogP contribution in [0.3, 0.4) is 0 Å². The normalized spacial score (nSPS) is 19.4. The predicted molar refractivity (Wildman–Crippen MR) is 65.0 cm³/mol. The maximum atomic E-state index is 11.4. The second-order valence-electron chi connectivity index (χ2n) is 4.10. The summed E-state index contributed by atoms with van der Waals surface area (Å²) in [6.45, 7) is 1.56. The molecular formula is C12H17N3O2. The van der Waals surface area contributed by atoms with Gasteiger partial charge in [0.15, 0.2) is 5.69 Å². The fourth-order valence-electron chi connectivity index (χ4n) is 2.18. The number of ether oxygens (including phenoxy) is 1. The summed E-state index contributed by atoms with van der Waals surface area (Å²) in [4.78, 5) is 17.9. The molecule has 2 N–H and O–H groups in total. The summed E-state index contributed by atoms with van der Waals surface area (Å²) in [6, 6.07) is 5.71. The Morgan fingerprint density at radius 3 is 3.18 bits per heavy atom. The van der Waals surface area contributed by atoms with E-state index in [2.05, 4.69) is 14.6 Å². The number of nitrogens with two attached hydrogens (primary N) is 1. The van der Waals surface area contributed by atoms with Crippen LogP contribution in [0.5, 0.6) is 0 Å². The van der Waals surface area contributed by atoms with Crippen molar-refractivity contribution in [3.8, 4) is 0 Å². The zero-order chi connectivity index (χ0) is 12.3. The fraction of sp³-hybridized carbons (Fsp3) is 0.500. The van der Waals surface area contributed by atoms with Crippen molar-refractivity contribution in [1.29, 1.82) is 0 Å². The summed E-state index contributed by atoms with van der Waals surface area (Å²) in [7, 11) is 1.36. The Hall–Kier alpha value is -1.62. The van der Waals surface area contributed by atoms with Crippen LogP contribution in [-0.2, 0) is 4.74 Å². The molecule has 1 aromatic heterocycles. The number of anilines is 1. The molecule has 92 valence electrons. The lowest BCUT2D eigenvalue weighted by atomic mass is 10.2. The largest absolute Gasteiger partial charge is 0.464 e. The molecule has 1 fully saturated rings. The highest BCUT2D eigenvalue weighted by atomic mass is 16.5. The topological polar surface area (TPSA) is 68.5 Å². The second kappa shape index (κ2) is 5.14. The lowest BCUT2D eigenvalue weighted by molar-refractivity contribution is 0.0594. The highest BCUT2D eigenvalue weighted by Gasteiger charge is 2.24. The van der Waals surface area contributed by atoms with E-state index in [1.807, 2.05) is 12.1 Å². The molecule has 0 aliphatic carbocycles. The van der Waals surface area contributed by atoms with E-state index in [0.29, 0.717) is 18.3 Å². The first-order valence-electron chi connectivity index (χ1n) is 5.78. The minimum absolute atomic E-state index is 0.329. The van der Waals surface area contributed by atoms with Gasteiger partial charge in [-0.05, 0) is 25.0 Å². The number of pyridine rings is 1. The van der Waals surface area contributed by atoms with Crippen LogP contribution in [-0.4, -0.2) is 37.2 Å². The van der Waals surface area contributed by atoms with E-state index < -0.39 is 5.97 Å². The third-order valence-corrected chi connectivity index (χ3v) is 3.07. The molecule has 0 radical (unpaired) electrons. The minimum Gasteiger partial charge on any atom is -0.464 e. The van der Waals surface area contributed by atoms with Gasteiger partial charge < -0.3 is 15.4 Å². The molecule has 0 bridgehead atoms. The van der Waals surface area contributed by atoms with Gasteiger partial charge in [0.05, 0.1) is 7.11 Å². The van der Waals surface area contributed by atoms with Crippen LogP contribution >= 0.6 is 0 Å². The van der Waals surface area contributed by atoms with Crippen molar-refractivity contribution >= 4 is 11.8 Å². The van der Waals surface area contributed by atoms with Gasteiger partial charge in [0.1, 0.15) is 5.82 Å². The van der Waals surface area contributed by atoms with Gasteiger partial charge in [-0.2, -0.15) is 0 Å². The maximum absolute atomic E-state index is 11.4. The number of methoxy groups -OCH3 is 1. The predicted octanol–water partition coefficient (Wildman–Crippen LogP) is 0.796. The number of carbonyl (C=O) groups is 1. The van der Waals surface area contributed by atoms with Gasteiger partial charge in [-0.3, -0.25) is 0 Å². The van der Waals surface area contributed by atoms with E-state index in [1.165, 1.54) is 7.11 Å². The van der Waals surface area contributed by atoms with E-state index in [-0.39, 0.29) is 0 Å². The molecule has 1 aromatic rings. The molecule has 1 aliphatic heterocycles. The summed E-state index contributed by atoms with van der Waals surface area (Å²) in [6.07, 6.45) is 2.20. The molecule has 1 aliphatic rings. The van der Waals surface area contributed by atoms with Crippen LogP contribution in [0.4, 0.5) is 5.82 Å². The van der Waals surface area contributed by atoms with Crippen LogP contribution < -0.4 is 10.6 Å². The molecule has 0 amide bonds. The van der Waals surface area contributed by atoms with Crippen molar-refractivity contribution in [3.05, 3.63) is 23.9 Å². The molecule has 2 heterocycles. The van der Waals surface area contributed by atoms with Gasteiger partial charge in [-0.15, -0.1) is 0 Å². The number of nitrogens with zero attached hydrogens (tertiary/aromatic N) is 2. The quantitative estimate of drug-likeness (QED) is 0.785. The molecule has 5 nitrogen and oxygen atoms in total. The Bertz CT molecular complexity index is 408. The molecule has 17 heavy (non-hydrogen) atoms. The van der Waals surface area contributed by atoms with Crippen LogP contribution in [0.25, 0.3) is 0 Å². The zero-order valence-electron chi connectivity index (χ0n) is 9.93. The molecule has 1 unspecified atom stereocenters. The third kappa shape index (κ3) is 2.39. The monoisotopic (exact) mass is 235 g/mol. The third-order valence-electron chi connectivity index (χ3n) is 3.07. The first-order chi connectivity index (χ1) is 8.26. The molecule has 0 aromatic carbocycles. The summed E-state index contributed by atoms with van der Waals surface area (Å²) in [5.41, 5.74) is 6.06. The van der Waals surface area contributed by atoms with Crippen LogP contribution in [0.2, 0.25) is 0 Å². The smallest absolute Gasteiger partial charge is 0.356 e. The minimum atomic E-state index is -0.407. The number of carbonyl (C=O) groups excluding carboxylic acids is 1. The van der Waals surface area contributed by atoms with Crippen molar-refractivity contribution in [3.63, 3.8) is 0 Å². The lowest BCUT2D eigenvalue weighted by Crippen LogP contribution is -2.36. The summed E-state index contributed by atoms with van der Waals surface area (Å²) in [5, 5.41) is 0. The van der Waals surface area contributed by atoms with E-state index in [4.69, 9.17) is 5.73 Å². The maximum Gasteiger partial charge on any atom is 0.356 e. The van der Waals surface area contributed by atoms with Gasteiger partial charge in [-0.25, -0.2) is 9.78 Å². The van der Waals surface area contributed by atoms with Crippen LogP contribution in [0, 0.1) is 0 Å². The van der Waals surface area contributed by atoms with Gasteiger partial charge in [0, 0.05) is 19.1 Å².